The highest BCUT2D eigenvalue weighted by Gasteiger charge is 2.20. The maximum Gasteiger partial charge on any atom is 0.260 e. The van der Waals surface area contributed by atoms with Crippen LogP contribution in [0.15, 0.2) is 54.6 Å². The van der Waals surface area contributed by atoms with Gasteiger partial charge in [-0.2, -0.15) is 10.2 Å². The third-order valence-corrected chi connectivity index (χ3v) is 4.81. The maximum atomic E-state index is 13.2. The lowest BCUT2D eigenvalue weighted by molar-refractivity contribution is 0.102. The molecule has 0 saturated carbocycles. The van der Waals surface area contributed by atoms with Crippen LogP contribution < -0.4 is 10.1 Å². The molecule has 0 bridgehead atoms. The molecule has 2 aromatic carbocycles. The zero-order chi connectivity index (χ0) is 21.3. The van der Waals surface area contributed by atoms with Crippen LogP contribution in [0.2, 0.25) is 0 Å². The van der Waals surface area contributed by atoms with Gasteiger partial charge in [-0.05, 0) is 50.2 Å². The van der Waals surface area contributed by atoms with E-state index in [-0.39, 0.29) is 11.7 Å². The normalized spacial score (nSPS) is 10.8. The molecule has 30 heavy (non-hydrogen) atoms. The van der Waals surface area contributed by atoms with Crippen molar-refractivity contribution in [1.29, 1.82) is 0 Å². The molecule has 2 N–H and O–H groups in total. The van der Waals surface area contributed by atoms with Crippen molar-refractivity contribution in [3.8, 4) is 22.7 Å². The number of hydrogen-bond donors (Lipinski definition) is 2. The molecule has 2 heterocycles. The van der Waals surface area contributed by atoms with Gasteiger partial charge < -0.3 is 10.1 Å². The Hall–Kier alpha value is -3.94. The molecule has 0 fully saturated rings. The smallest absolute Gasteiger partial charge is 0.260 e. The summed E-state index contributed by atoms with van der Waals surface area (Å²) in [4.78, 5) is 12.9. The first kappa shape index (κ1) is 19.4. The van der Waals surface area contributed by atoms with Gasteiger partial charge in [0.1, 0.15) is 11.6 Å². The molecule has 4 rings (SSSR count). The van der Waals surface area contributed by atoms with Gasteiger partial charge in [-0.3, -0.25) is 9.89 Å². The van der Waals surface area contributed by atoms with E-state index >= 15 is 0 Å². The van der Waals surface area contributed by atoms with E-state index < -0.39 is 0 Å². The fourth-order valence-corrected chi connectivity index (χ4v) is 3.37. The summed E-state index contributed by atoms with van der Waals surface area (Å²) in [6, 6.07) is 15.2. The van der Waals surface area contributed by atoms with E-state index in [9.17, 15) is 9.18 Å². The number of halogens is 1. The maximum absolute atomic E-state index is 13.2. The summed E-state index contributed by atoms with van der Waals surface area (Å²) >= 11 is 0. The molecule has 152 valence electrons. The number of aromatic nitrogens is 4. The number of aromatic amines is 1. The molecule has 7 nitrogen and oxygen atoms in total. The van der Waals surface area contributed by atoms with Gasteiger partial charge in [0.15, 0.2) is 5.82 Å². The fourth-order valence-electron chi connectivity index (χ4n) is 3.37. The van der Waals surface area contributed by atoms with Crippen LogP contribution in [0, 0.1) is 19.7 Å². The third-order valence-electron chi connectivity index (χ3n) is 4.81. The topological polar surface area (TPSA) is 84.8 Å². The van der Waals surface area contributed by atoms with Crippen molar-refractivity contribution in [3.05, 3.63) is 77.4 Å². The summed E-state index contributed by atoms with van der Waals surface area (Å²) in [5, 5.41) is 14.3. The van der Waals surface area contributed by atoms with E-state index in [4.69, 9.17) is 4.74 Å². The Bertz CT molecular complexity index is 1210. The van der Waals surface area contributed by atoms with E-state index in [0.717, 1.165) is 11.3 Å². The Kier molecular flexibility index (Phi) is 5.05. The largest absolute Gasteiger partial charge is 0.496 e. The first-order valence-corrected chi connectivity index (χ1v) is 9.30. The summed E-state index contributed by atoms with van der Waals surface area (Å²) in [6.07, 6.45) is 0. The predicted molar refractivity (Wildman–Crippen MR) is 112 cm³/mol. The summed E-state index contributed by atoms with van der Waals surface area (Å²) in [6.45, 7) is 3.55. The van der Waals surface area contributed by atoms with Crippen molar-refractivity contribution in [3.63, 3.8) is 0 Å². The van der Waals surface area contributed by atoms with Gasteiger partial charge in [0, 0.05) is 11.6 Å². The monoisotopic (exact) mass is 405 g/mol. The molecular formula is C22H20FN5O2. The molecular weight excluding hydrogens is 385 g/mol. The molecule has 0 radical (unpaired) electrons. The van der Waals surface area contributed by atoms with Gasteiger partial charge in [-0.1, -0.05) is 12.1 Å². The first-order chi connectivity index (χ1) is 14.5. The Morgan fingerprint density at radius 3 is 2.60 bits per heavy atom. The van der Waals surface area contributed by atoms with E-state index in [1.165, 1.54) is 12.1 Å². The average Bonchev–Trinajstić information content (AvgIpc) is 3.32. The number of H-pyrrole nitrogens is 1. The highest BCUT2D eigenvalue weighted by atomic mass is 19.1. The van der Waals surface area contributed by atoms with Gasteiger partial charge >= 0.3 is 0 Å². The number of methoxy groups -OCH3 is 1. The Morgan fingerprint density at radius 1 is 1.13 bits per heavy atom. The van der Waals surface area contributed by atoms with Crippen LogP contribution in [0.3, 0.4) is 0 Å². The first-order valence-electron chi connectivity index (χ1n) is 9.30. The molecule has 0 aliphatic heterocycles. The lowest BCUT2D eigenvalue weighted by Crippen LogP contribution is -2.14. The van der Waals surface area contributed by atoms with Crippen LogP contribution in [-0.4, -0.2) is 33.0 Å². The molecule has 0 atom stereocenters. The van der Waals surface area contributed by atoms with Gasteiger partial charge in [0.05, 0.1) is 35.4 Å². The van der Waals surface area contributed by atoms with E-state index in [1.54, 1.807) is 43.8 Å². The zero-order valence-corrected chi connectivity index (χ0v) is 16.7. The molecule has 1 amide bonds. The van der Waals surface area contributed by atoms with Crippen molar-refractivity contribution < 1.29 is 13.9 Å². The number of rotatable bonds is 5. The quantitative estimate of drug-likeness (QED) is 0.519. The van der Waals surface area contributed by atoms with Crippen LogP contribution in [0.25, 0.3) is 16.9 Å². The number of carbonyl (C=O) groups excluding carboxylic acids is 1. The number of carbonyl (C=O) groups is 1. The number of nitrogens with zero attached hydrogens (tertiary/aromatic N) is 3. The minimum atomic E-state index is -0.331. The van der Waals surface area contributed by atoms with Crippen LogP contribution >= 0.6 is 0 Å². The molecule has 2 aromatic heterocycles. The number of ether oxygens (including phenoxy) is 1. The summed E-state index contributed by atoms with van der Waals surface area (Å²) < 4.78 is 20.2. The Labute approximate surface area is 172 Å². The Morgan fingerprint density at radius 2 is 1.87 bits per heavy atom. The van der Waals surface area contributed by atoms with Crippen molar-refractivity contribution in [2.45, 2.75) is 13.8 Å². The van der Waals surface area contributed by atoms with Crippen LogP contribution in [-0.2, 0) is 0 Å². The molecule has 0 spiro atoms. The average molecular weight is 405 g/mol. The SMILES string of the molecule is COc1ccccc1-c1cc(NC(=O)c2c(C)nn(-c3ccc(F)cc3)c2C)n[nH]1. The molecule has 0 unspecified atom stereocenters. The van der Waals surface area contributed by atoms with Gasteiger partial charge in [-0.25, -0.2) is 9.07 Å². The second-order valence-electron chi connectivity index (χ2n) is 6.76. The van der Waals surface area contributed by atoms with Crippen molar-refractivity contribution in [2.75, 3.05) is 12.4 Å². The highest BCUT2D eigenvalue weighted by Crippen LogP contribution is 2.29. The van der Waals surface area contributed by atoms with Crippen molar-refractivity contribution in [1.82, 2.24) is 20.0 Å². The van der Waals surface area contributed by atoms with Crippen molar-refractivity contribution in [2.24, 2.45) is 0 Å². The molecule has 4 aromatic rings. The van der Waals surface area contributed by atoms with Crippen LogP contribution in [0.1, 0.15) is 21.7 Å². The minimum Gasteiger partial charge on any atom is -0.496 e. The summed E-state index contributed by atoms with van der Waals surface area (Å²) in [7, 11) is 1.60. The lowest BCUT2D eigenvalue weighted by Gasteiger charge is -2.06. The molecule has 0 saturated heterocycles. The number of benzene rings is 2. The molecule has 0 aliphatic carbocycles. The molecule has 8 heteroatoms. The highest BCUT2D eigenvalue weighted by molar-refractivity contribution is 6.05. The minimum absolute atomic E-state index is 0.323. The second-order valence-corrected chi connectivity index (χ2v) is 6.76. The summed E-state index contributed by atoms with van der Waals surface area (Å²) in [5.74, 6) is 0.430. The van der Waals surface area contributed by atoms with Crippen molar-refractivity contribution >= 4 is 11.7 Å². The van der Waals surface area contributed by atoms with Gasteiger partial charge in [0.2, 0.25) is 0 Å². The lowest BCUT2D eigenvalue weighted by atomic mass is 10.1. The number of hydrogen-bond acceptors (Lipinski definition) is 4. The fraction of sp³-hybridized carbons (Fsp3) is 0.136. The predicted octanol–water partition coefficient (Wildman–Crippen LogP) is 4.28. The number of aryl methyl sites for hydroxylation is 1. The van der Waals surface area contributed by atoms with Gasteiger partial charge in [-0.15, -0.1) is 0 Å². The Balaban J connectivity index is 1.59. The van der Waals surface area contributed by atoms with E-state index in [0.29, 0.717) is 34.2 Å². The standard InChI is InChI=1S/C22H20FN5O2/c1-13-21(14(2)28(27-13)16-10-8-15(23)9-11-16)22(29)24-20-12-18(25-26-20)17-6-4-5-7-19(17)30-3/h4-12H,1-3H3,(H2,24,25,26,29). The number of nitrogens with one attached hydrogen (secondary N) is 2. The van der Waals surface area contributed by atoms with Gasteiger partial charge in [0.25, 0.3) is 5.91 Å². The summed E-state index contributed by atoms with van der Waals surface area (Å²) in [5.41, 5.74) is 3.89. The zero-order valence-electron chi connectivity index (χ0n) is 16.7. The van der Waals surface area contributed by atoms with E-state index in [1.807, 2.05) is 24.3 Å². The van der Waals surface area contributed by atoms with E-state index in [2.05, 4.69) is 20.6 Å². The molecule has 0 aliphatic rings. The van der Waals surface area contributed by atoms with Crippen LogP contribution in [0.5, 0.6) is 5.75 Å². The third kappa shape index (κ3) is 3.55. The van der Waals surface area contributed by atoms with Crippen LogP contribution in [0.4, 0.5) is 10.2 Å². The number of para-hydroxylation sites is 1. The number of amides is 1. The second kappa shape index (κ2) is 7.82. The number of anilines is 1.